The Morgan fingerprint density at radius 3 is 2.90 bits per heavy atom. The zero-order valence-electron chi connectivity index (χ0n) is 5.33. The summed E-state index contributed by atoms with van der Waals surface area (Å²) in [5.41, 5.74) is 0. The van der Waals surface area contributed by atoms with Gasteiger partial charge in [0.1, 0.15) is 6.04 Å². The summed E-state index contributed by atoms with van der Waals surface area (Å²) in [5, 5.41) is 2.85. The number of hydrogen-bond acceptors (Lipinski definition) is 3. The van der Waals surface area contributed by atoms with Gasteiger partial charge in [0, 0.05) is 0 Å². The van der Waals surface area contributed by atoms with E-state index in [0.29, 0.717) is 0 Å². The summed E-state index contributed by atoms with van der Waals surface area (Å²) in [7, 11) is 0. The van der Waals surface area contributed by atoms with Gasteiger partial charge in [-0.25, -0.2) is 0 Å². The first-order chi connectivity index (χ1) is 4.80. The molecule has 2 atom stereocenters. The van der Waals surface area contributed by atoms with Crippen LogP contribution in [0, 0.1) is 5.92 Å². The van der Waals surface area contributed by atoms with Gasteiger partial charge in [0.05, 0.1) is 5.92 Å². The summed E-state index contributed by atoms with van der Waals surface area (Å²) in [6.45, 7) is 0. The Kier molecular flexibility index (Phi) is 0.952. The predicted molar refractivity (Wildman–Crippen MR) is 34.2 cm³/mol. The summed E-state index contributed by atoms with van der Waals surface area (Å²) in [6, 6.07) is -0.197. The summed E-state index contributed by atoms with van der Waals surface area (Å²) >= 11 is 0. The molecule has 0 aromatic heterocycles. The maximum absolute atomic E-state index is 10.8. The lowest BCUT2D eigenvalue weighted by atomic mass is 9.73. The molecule has 1 aliphatic carbocycles. The molecule has 1 heterocycles. The highest BCUT2D eigenvalue weighted by atomic mass is 16.2. The Hall–Kier alpha value is -1.12. The molecule has 1 fully saturated rings. The van der Waals surface area contributed by atoms with Crippen LogP contribution in [0.4, 0.5) is 0 Å². The molecule has 3 heteroatoms. The Morgan fingerprint density at radius 1 is 1.40 bits per heavy atom. The first kappa shape index (κ1) is 5.65. The second-order valence-electron chi connectivity index (χ2n) is 2.62. The second kappa shape index (κ2) is 1.68. The van der Waals surface area contributed by atoms with Crippen molar-refractivity contribution in [3.8, 4) is 0 Å². The fourth-order valence-corrected chi connectivity index (χ4v) is 1.40. The molecule has 10 heavy (non-hydrogen) atoms. The monoisotopic (exact) mass is 137 g/mol. The molecule has 2 rings (SSSR count). The highest BCUT2D eigenvalue weighted by Crippen LogP contribution is 2.26. The summed E-state index contributed by atoms with van der Waals surface area (Å²) in [5.74, 6) is -0.520. The van der Waals surface area contributed by atoms with Gasteiger partial charge in [0.25, 0.3) is 0 Å². The Bertz CT molecular complexity index is 208. The first-order valence-electron chi connectivity index (χ1n) is 3.30. The zero-order valence-corrected chi connectivity index (χ0v) is 5.33. The van der Waals surface area contributed by atoms with E-state index in [1.54, 1.807) is 6.20 Å². The van der Waals surface area contributed by atoms with E-state index in [0.717, 1.165) is 6.42 Å². The molecule has 0 spiro atoms. The average molecular weight is 137 g/mol. The molecule has 0 aromatic carbocycles. The summed E-state index contributed by atoms with van der Waals surface area (Å²) in [4.78, 5) is 21.5. The number of fused-ring (bicyclic) bond motifs is 1. The molecule has 2 aliphatic rings. The molecule has 3 nitrogen and oxygen atoms in total. The fraction of sp³-hybridized carbons (Fsp3) is 0.429. The number of allylic oxidation sites excluding steroid dienone is 1. The Labute approximate surface area is 58.1 Å². The normalized spacial score (nSPS) is 36.4. The van der Waals surface area contributed by atoms with Crippen LogP contribution in [0.2, 0.25) is 0 Å². The lowest BCUT2D eigenvalue weighted by molar-refractivity contribution is -0.149. The van der Waals surface area contributed by atoms with Crippen molar-refractivity contribution in [3.05, 3.63) is 12.3 Å². The van der Waals surface area contributed by atoms with Crippen LogP contribution in [-0.4, -0.2) is 17.6 Å². The maximum Gasteiger partial charge on any atom is 0.221 e. The van der Waals surface area contributed by atoms with E-state index in [4.69, 9.17) is 0 Å². The molecule has 0 bridgehead atoms. The minimum Gasteiger partial charge on any atom is -0.380 e. The molecule has 2 unspecified atom stereocenters. The van der Waals surface area contributed by atoms with E-state index in [1.807, 2.05) is 6.08 Å². The molecular formula is C7H7NO2. The second-order valence-corrected chi connectivity index (χ2v) is 2.62. The van der Waals surface area contributed by atoms with Crippen molar-refractivity contribution in [1.29, 1.82) is 0 Å². The third-order valence-corrected chi connectivity index (χ3v) is 2.05. The largest absolute Gasteiger partial charge is 0.380 e. The van der Waals surface area contributed by atoms with Crippen molar-refractivity contribution >= 4 is 11.6 Å². The molecule has 52 valence electrons. The molecule has 0 radical (unpaired) electrons. The molecule has 1 aliphatic heterocycles. The van der Waals surface area contributed by atoms with Crippen molar-refractivity contribution in [2.75, 3.05) is 0 Å². The van der Waals surface area contributed by atoms with Crippen LogP contribution in [0.5, 0.6) is 0 Å². The lowest BCUT2D eigenvalue weighted by Gasteiger charge is -2.34. The Balaban J connectivity index is 2.23. The fourth-order valence-electron chi connectivity index (χ4n) is 1.40. The molecule has 1 saturated carbocycles. The van der Waals surface area contributed by atoms with Crippen molar-refractivity contribution in [2.45, 2.75) is 12.5 Å². The van der Waals surface area contributed by atoms with Gasteiger partial charge in [-0.3, -0.25) is 9.59 Å². The van der Waals surface area contributed by atoms with Gasteiger partial charge in [0.15, 0.2) is 0 Å². The minimum atomic E-state index is -0.255. The van der Waals surface area contributed by atoms with Crippen LogP contribution in [0.1, 0.15) is 6.42 Å². The molecular weight excluding hydrogens is 130 g/mol. The van der Waals surface area contributed by atoms with Gasteiger partial charge in [-0.05, 0) is 12.6 Å². The molecule has 0 aromatic rings. The van der Waals surface area contributed by atoms with E-state index in [9.17, 15) is 9.59 Å². The smallest absolute Gasteiger partial charge is 0.221 e. The van der Waals surface area contributed by atoms with Gasteiger partial charge >= 0.3 is 0 Å². The topological polar surface area (TPSA) is 46.2 Å². The quantitative estimate of drug-likeness (QED) is 0.463. The van der Waals surface area contributed by atoms with Gasteiger partial charge in [0.2, 0.25) is 11.6 Å². The number of nitrogens with one attached hydrogen (secondary N) is 1. The van der Waals surface area contributed by atoms with E-state index in [2.05, 4.69) is 5.32 Å². The van der Waals surface area contributed by atoms with E-state index in [-0.39, 0.29) is 23.5 Å². The van der Waals surface area contributed by atoms with Crippen LogP contribution in [0.15, 0.2) is 12.3 Å². The molecule has 0 amide bonds. The van der Waals surface area contributed by atoms with Crippen LogP contribution < -0.4 is 5.32 Å². The standard InChI is InChI=1S/C7H7NO2/c9-6-4-2-1-3-8-5(4)7(6)10/h1,3-5,8H,2H2. The number of carbonyl (C=O) groups excluding carboxylic acids is 2. The summed E-state index contributed by atoms with van der Waals surface area (Å²) < 4.78 is 0. The van der Waals surface area contributed by atoms with Gasteiger partial charge in [-0.2, -0.15) is 0 Å². The molecule has 1 N–H and O–H groups in total. The van der Waals surface area contributed by atoms with Crippen molar-refractivity contribution in [2.24, 2.45) is 5.92 Å². The Morgan fingerprint density at radius 2 is 2.20 bits per heavy atom. The molecule has 0 saturated heterocycles. The van der Waals surface area contributed by atoms with Gasteiger partial charge in [-0.1, -0.05) is 6.08 Å². The SMILES string of the molecule is O=C1C(=O)C2NC=CCC12. The van der Waals surface area contributed by atoms with E-state index < -0.39 is 0 Å². The third-order valence-electron chi connectivity index (χ3n) is 2.05. The summed E-state index contributed by atoms with van der Waals surface area (Å²) in [6.07, 6.45) is 4.35. The van der Waals surface area contributed by atoms with Crippen LogP contribution in [-0.2, 0) is 9.59 Å². The lowest BCUT2D eigenvalue weighted by Crippen LogP contribution is -2.59. The number of rotatable bonds is 0. The van der Waals surface area contributed by atoms with E-state index >= 15 is 0 Å². The number of hydrogen-bond donors (Lipinski definition) is 1. The number of Topliss-reactive ketones (excluding diaryl/α,β-unsaturated/α-hetero) is 2. The van der Waals surface area contributed by atoms with Crippen molar-refractivity contribution in [3.63, 3.8) is 0 Å². The number of ketones is 2. The maximum atomic E-state index is 10.8. The van der Waals surface area contributed by atoms with Crippen molar-refractivity contribution in [1.82, 2.24) is 5.32 Å². The highest BCUT2D eigenvalue weighted by Gasteiger charge is 2.48. The van der Waals surface area contributed by atoms with Gasteiger partial charge in [-0.15, -0.1) is 0 Å². The van der Waals surface area contributed by atoms with Crippen LogP contribution in [0.3, 0.4) is 0 Å². The average Bonchev–Trinajstić information content (AvgIpc) is 2.03. The third kappa shape index (κ3) is 0.497. The van der Waals surface area contributed by atoms with Gasteiger partial charge < -0.3 is 5.32 Å². The minimum absolute atomic E-state index is 0.0579. The number of carbonyl (C=O) groups is 2. The predicted octanol–water partition coefficient (Wildman–Crippen LogP) is -0.370. The highest BCUT2D eigenvalue weighted by molar-refractivity contribution is 6.47. The zero-order chi connectivity index (χ0) is 7.14. The first-order valence-corrected chi connectivity index (χ1v) is 3.30. The van der Waals surface area contributed by atoms with E-state index in [1.165, 1.54) is 0 Å². The van der Waals surface area contributed by atoms with Crippen LogP contribution in [0.25, 0.3) is 0 Å². The van der Waals surface area contributed by atoms with Crippen molar-refractivity contribution < 1.29 is 9.59 Å². The van der Waals surface area contributed by atoms with Crippen LogP contribution >= 0.6 is 0 Å².